The molecule has 2 aromatic heterocycles. The molecule has 1 amide bonds. The summed E-state index contributed by atoms with van der Waals surface area (Å²) in [6, 6.07) is 0. The zero-order valence-electron chi connectivity index (χ0n) is 12.6. The fourth-order valence-corrected chi connectivity index (χ4v) is 2.41. The fourth-order valence-electron chi connectivity index (χ4n) is 2.12. The molecule has 2 heterocycles. The molecule has 22 heavy (non-hydrogen) atoms. The van der Waals surface area contributed by atoms with Crippen LogP contribution in [0.2, 0.25) is 10.0 Å². The number of aryl methyl sites for hydroxylation is 3. The van der Waals surface area contributed by atoms with Crippen molar-refractivity contribution in [1.82, 2.24) is 24.9 Å². The first-order chi connectivity index (χ1) is 10.5. The maximum absolute atomic E-state index is 11.8. The second-order valence-electron chi connectivity index (χ2n) is 5.08. The number of aromatic nitrogens is 4. The monoisotopic (exact) mass is 343 g/mol. The zero-order chi connectivity index (χ0) is 16.1. The van der Waals surface area contributed by atoms with Gasteiger partial charge in [0.1, 0.15) is 0 Å². The van der Waals surface area contributed by atoms with Gasteiger partial charge in [-0.2, -0.15) is 10.2 Å². The molecule has 1 N–H and O–H groups in total. The van der Waals surface area contributed by atoms with E-state index in [-0.39, 0.29) is 5.91 Å². The Hall–Kier alpha value is -1.53. The Morgan fingerprint density at radius 2 is 2.09 bits per heavy atom. The van der Waals surface area contributed by atoms with Gasteiger partial charge in [0.05, 0.1) is 34.2 Å². The molecular formula is C14H19Cl2N5O. The van der Waals surface area contributed by atoms with E-state index >= 15 is 0 Å². The molecule has 6 nitrogen and oxygen atoms in total. The summed E-state index contributed by atoms with van der Waals surface area (Å²) in [6.45, 7) is 5.61. The molecule has 0 saturated heterocycles. The topological polar surface area (TPSA) is 64.7 Å². The number of halogens is 2. The average molecular weight is 344 g/mol. The maximum atomic E-state index is 11.8. The molecule has 0 bridgehead atoms. The van der Waals surface area contributed by atoms with Crippen LogP contribution in [0.25, 0.3) is 0 Å². The highest BCUT2D eigenvalue weighted by Crippen LogP contribution is 2.18. The molecule has 0 aliphatic heterocycles. The summed E-state index contributed by atoms with van der Waals surface area (Å²) < 4.78 is 3.52. The average Bonchev–Trinajstić information content (AvgIpc) is 3.00. The molecule has 120 valence electrons. The van der Waals surface area contributed by atoms with Crippen LogP contribution in [-0.2, 0) is 17.9 Å². The van der Waals surface area contributed by atoms with Gasteiger partial charge in [0.25, 0.3) is 0 Å². The van der Waals surface area contributed by atoms with Crippen LogP contribution in [0.1, 0.15) is 24.2 Å². The van der Waals surface area contributed by atoms with Crippen molar-refractivity contribution in [2.45, 2.75) is 39.8 Å². The summed E-state index contributed by atoms with van der Waals surface area (Å²) in [6.07, 6.45) is 4.54. The normalized spacial score (nSPS) is 10.9. The van der Waals surface area contributed by atoms with Crippen LogP contribution in [-0.4, -0.2) is 32.0 Å². The third kappa shape index (κ3) is 4.48. The number of nitrogens with one attached hydrogen (secondary N) is 1. The minimum Gasteiger partial charge on any atom is -0.356 e. The predicted molar refractivity (Wildman–Crippen MR) is 86.2 cm³/mol. The molecule has 0 atom stereocenters. The van der Waals surface area contributed by atoms with Gasteiger partial charge in [0, 0.05) is 25.7 Å². The summed E-state index contributed by atoms with van der Waals surface area (Å²) in [4.78, 5) is 11.8. The lowest BCUT2D eigenvalue weighted by molar-refractivity contribution is -0.121. The molecule has 0 aromatic carbocycles. The summed E-state index contributed by atoms with van der Waals surface area (Å²) in [5.41, 5.74) is 1.68. The Morgan fingerprint density at radius 1 is 1.32 bits per heavy atom. The van der Waals surface area contributed by atoms with Crippen LogP contribution in [0.4, 0.5) is 0 Å². The first-order valence-corrected chi connectivity index (χ1v) is 7.87. The summed E-state index contributed by atoms with van der Waals surface area (Å²) >= 11 is 11.9. The molecule has 0 fully saturated rings. The lowest BCUT2D eigenvalue weighted by Crippen LogP contribution is -2.26. The third-order valence-corrected chi connectivity index (χ3v) is 4.07. The fraction of sp³-hybridized carbons (Fsp3) is 0.500. The zero-order valence-corrected chi connectivity index (χ0v) is 14.2. The van der Waals surface area contributed by atoms with E-state index in [4.69, 9.17) is 23.2 Å². The van der Waals surface area contributed by atoms with Gasteiger partial charge in [-0.05, 0) is 20.3 Å². The van der Waals surface area contributed by atoms with Crippen molar-refractivity contribution in [1.29, 1.82) is 0 Å². The standard InChI is InChI=1S/C14H19Cl2N5O/c1-10-14(16)11(2)21(19-10)7-4-13(22)17-5-3-6-20-9-12(15)8-18-20/h8-9H,3-7H2,1-2H3,(H,17,22). The molecule has 0 saturated carbocycles. The minimum absolute atomic E-state index is 0.00201. The number of carbonyl (C=O) groups excluding carboxylic acids is 1. The SMILES string of the molecule is Cc1nn(CCC(=O)NCCCn2cc(Cl)cn2)c(C)c1Cl. The van der Waals surface area contributed by atoms with Crippen LogP contribution in [0, 0.1) is 13.8 Å². The van der Waals surface area contributed by atoms with Crippen LogP contribution in [0.5, 0.6) is 0 Å². The smallest absolute Gasteiger partial charge is 0.221 e. The Balaban J connectivity index is 1.66. The summed E-state index contributed by atoms with van der Waals surface area (Å²) in [5.74, 6) is 0.00201. The molecule has 0 radical (unpaired) electrons. The molecule has 0 spiro atoms. The highest BCUT2D eigenvalue weighted by molar-refractivity contribution is 6.31. The van der Waals surface area contributed by atoms with Gasteiger partial charge in [-0.25, -0.2) is 0 Å². The second-order valence-corrected chi connectivity index (χ2v) is 5.90. The van der Waals surface area contributed by atoms with Gasteiger partial charge in [-0.15, -0.1) is 0 Å². The van der Waals surface area contributed by atoms with Gasteiger partial charge < -0.3 is 5.32 Å². The van der Waals surface area contributed by atoms with Crippen molar-refractivity contribution in [2.24, 2.45) is 0 Å². The first kappa shape index (κ1) is 16.8. The maximum Gasteiger partial charge on any atom is 0.221 e. The largest absolute Gasteiger partial charge is 0.356 e. The summed E-state index contributed by atoms with van der Waals surface area (Å²) in [5, 5.41) is 12.5. The molecule has 0 unspecified atom stereocenters. The number of carbonyl (C=O) groups is 1. The number of hydrogen-bond donors (Lipinski definition) is 1. The van der Waals surface area contributed by atoms with E-state index in [2.05, 4.69) is 15.5 Å². The third-order valence-electron chi connectivity index (χ3n) is 3.33. The minimum atomic E-state index is 0.00201. The van der Waals surface area contributed by atoms with Crippen LogP contribution in [0.3, 0.4) is 0 Å². The highest BCUT2D eigenvalue weighted by atomic mass is 35.5. The van der Waals surface area contributed by atoms with E-state index in [1.165, 1.54) is 0 Å². The van der Waals surface area contributed by atoms with Crippen molar-refractivity contribution >= 4 is 29.1 Å². The van der Waals surface area contributed by atoms with Crippen LogP contribution >= 0.6 is 23.2 Å². The van der Waals surface area contributed by atoms with E-state index in [9.17, 15) is 4.79 Å². The van der Waals surface area contributed by atoms with Gasteiger partial charge in [-0.3, -0.25) is 14.2 Å². The van der Waals surface area contributed by atoms with Crippen LogP contribution < -0.4 is 5.32 Å². The first-order valence-electron chi connectivity index (χ1n) is 7.11. The predicted octanol–water partition coefficient (Wildman–Crippen LogP) is 2.60. The highest BCUT2D eigenvalue weighted by Gasteiger charge is 2.10. The quantitative estimate of drug-likeness (QED) is 0.786. The number of amides is 1. The Labute approximate surface area is 139 Å². The molecular weight excluding hydrogens is 325 g/mol. The van der Waals surface area contributed by atoms with Gasteiger partial charge in [-0.1, -0.05) is 23.2 Å². The number of rotatable bonds is 7. The number of nitrogens with zero attached hydrogens (tertiary/aromatic N) is 4. The van der Waals surface area contributed by atoms with E-state index in [0.29, 0.717) is 29.6 Å². The Bertz CT molecular complexity index is 650. The van der Waals surface area contributed by atoms with Crippen LogP contribution in [0.15, 0.2) is 12.4 Å². The Morgan fingerprint density at radius 3 is 2.68 bits per heavy atom. The van der Waals surface area contributed by atoms with E-state index in [1.807, 2.05) is 13.8 Å². The van der Waals surface area contributed by atoms with Crippen molar-refractivity contribution in [3.8, 4) is 0 Å². The van der Waals surface area contributed by atoms with Crippen molar-refractivity contribution in [2.75, 3.05) is 6.54 Å². The lowest BCUT2D eigenvalue weighted by atomic mass is 10.3. The Kier molecular flexibility index (Phi) is 5.85. The van der Waals surface area contributed by atoms with Crippen molar-refractivity contribution in [3.63, 3.8) is 0 Å². The van der Waals surface area contributed by atoms with Crippen molar-refractivity contribution < 1.29 is 4.79 Å². The molecule has 8 heteroatoms. The molecule has 0 aliphatic rings. The van der Waals surface area contributed by atoms with E-state index < -0.39 is 0 Å². The van der Waals surface area contributed by atoms with Gasteiger partial charge in [0.15, 0.2) is 0 Å². The second kappa shape index (κ2) is 7.65. The van der Waals surface area contributed by atoms with Gasteiger partial charge in [0.2, 0.25) is 5.91 Å². The van der Waals surface area contributed by atoms with Gasteiger partial charge >= 0.3 is 0 Å². The van der Waals surface area contributed by atoms with E-state index in [0.717, 1.165) is 24.4 Å². The molecule has 2 rings (SSSR count). The molecule has 0 aliphatic carbocycles. The number of hydrogen-bond acceptors (Lipinski definition) is 3. The lowest BCUT2D eigenvalue weighted by Gasteiger charge is -2.07. The van der Waals surface area contributed by atoms with Crippen molar-refractivity contribution in [3.05, 3.63) is 33.8 Å². The molecule has 2 aromatic rings. The summed E-state index contributed by atoms with van der Waals surface area (Å²) in [7, 11) is 0. The van der Waals surface area contributed by atoms with E-state index in [1.54, 1.807) is 21.8 Å².